The minimum Gasteiger partial charge on any atom is -0.293 e. The van der Waals surface area contributed by atoms with Gasteiger partial charge < -0.3 is 0 Å². The third-order valence-electron chi connectivity index (χ3n) is 1.10. The Hall–Kier alpha value is -1.14. The topological polar surface area (TPSA) is 30.0 Å². The highest BCUT2D eigenvalue weighted by molar-refractivity contribution is 7.10. The van der Waals surface area contributed by atoms with E-state index in [1.807, 2.05) is 0 Å². The zero-order valence-electron chi connectivity index (χ0n) is 6.34. The number of carbonyl (C=O) groups excluding carboxylic acids is 1. The average molecular weight is 165 g/mol. The number of Topliss-reactive ketones (excluding diaryl/α,β-unsaturated/α-hetero) is 1. The van der Waals surface area contributed by atoms with Crippen LogP contribution in [0.3, 0.4) is 0 Å². The molecule has 1 aromatic rings. The van der Waals surface area contributed by atoms with E-state index in [1.54, 1.807) is 12.3 Å². The van der Waals surface area contributed by atoms with Crippen molar-refractivity contribution >= 4 is 17.1 Å². The van der Waals surface area contributed by atoms with E-state index in [1.165, 1.54) is 18.3 Å². The van der Waals surface area contributed by atoms with Crippen LogP contribution in [0.4, 0.5) is 0 Å². The van der Waals surface area contributed by atoms with Crippen molar-refractivity contribution in [2.45, 2.75) is 13.8 Å². The van der Waals surface area contributed by atoms with Crippen LogP contribution in [0.25, 0.3) is 0 Å². The lowest BCUT2D eigenvalue weighted by Crippen LogP contribution is -1.90. The van der Waals surface area contributed by atoms with E-state index in [4.69, 9.17) is 0 Å². The molecule has 56 valence electrons. The van der Waals surface area contributed by atoms with Gasteiger partial charge in [0.1, 0.15) is 5.69 Å². The van der Waals surface area contributed by atoms with Crippen LogP contribution >= 0.6 is 11.3 Å². The van der Waals surface area contributed by atoms with Gasteiger partial charge in [0, 0.05) is 12.3 Å². The van der Waals surface area contributed by atoms with E-state index in [0.717, 1.165) is 0 Å². The van der Waals surface area contributed by atoms with E-state index in [2.05, 4.69) is 16.8 Å². The van der Waals surface area contributed by atoms with Gasteiger partial charge >= 0.3 is 0 Å². The molecule has 11 heavy (non-hydrogen) atoms. The van der Waals surface area contributed by atoms with Crippen LogP contribution in [-0.4, -0.2) is 10.8 Å². The summed E-state index contributed by atoms with van der Waals surface area (Å²) in [5.74, 6) is 5.50. The Kier molecular flexibility index (Phi) is 2.40. The fraction of sp³-hybridized carbons (Fsp3) is 0.250. The Morgan fingerprint density at radius 3 is 2.91 bits per heavy atom. The van der Waals surface area contributed by atoms with Crippen LogP contribution in [0.2, 0.25) is 0 Å². The molecule has 0 spiro atoms. The molecule has 0 radical (unpaired) electrons. The zero-order valence-corrected chi connectivity index (χ0v) is 7.16. The van der Waals surface area contributed by atoms with E-state index >= 15 is 0 Å². The van der Waals surface area contributed by atoms with Crippen molar-refractivity contribution in [3.8, 4) is 11.8 Å². The molecule has 0 bridgehead atoms. The Labute approximate surface area is 69.3 Å². The molecule has 1 rings (SSSR count). The van der Waals surface area contributed by atoms with Gasteiger partial charge in [-0.1, -0.05) is 5.92 Å². The predicted molar refractivity (Wildman–Crippen MR) is 44.7 cm³/mol. The molecule has 0 atom stereocenters. The first kappa shape index (κ1) is 7.96. The summed E-state index contributed by atoms with van der Waals surface area (Å²) in [6, 6.07) is 0. The number of ketones is 1. The van der Waals surface area contributed by atoms with Crippen molar-refractivity contribution in [3.63, 3.8) is 0 Å². The van der Waals surface area contributed by atoms with Gasteiger partial charge in [-0.3, -0.25) is 4.79 Å². The van der Waals surface area contributed by atoms with Gasteiger partial charge in [-0.15, -0.1) is 11.3 Å². The van der Waals surface area contributed by atoms with E-state index in [9.17, 15) is 4.79 Å². The van der Waals surface area contributed by atoms with Crippen LogP contribution in [0.1, 0.15) is 29.3 Å². The van der Waals surface area contributed by atoms with Gasteiger partial charge in [0.15, 0.2) is 10.8 Å². The monoisotopic (exact) mass is 165 g/mol. The van der Waals surface area contributed by atoms with Crippen LogP contribution in [0.15, 0.2) is 5.38 Å². The summed E-state index contributed by atoms with van der Waals surface area (Å²) >= 11 is 1.40. The first-order chi connectivity index (χ1) is 5.24. The zero-order chi connectivity index (χ0) is 8.27. The Balaban J connectivity index is 2.96. The molecule has 0 aliphatic carbocycles. The lowest BCUT2D eigenvalue weighted by Gasteiger charge is -1.80. The second-order valence-electron chi connectivity index (χ2n) is 1.97. The van der Waals surface area contributed by atoms with Gasteiger partial charge in [0.2, 0.25) is 0 Å². The molecule has 3 heteroatoms. The normalized spacial score (nSPS) is 8.55. The van der Waals surface area contributed by atoms with Crippen molar-refractivity contribution in [1.29, 1.82) is 0 Å². The molecule has 0 fully saturated rings. The van der Waals surface area contributed by atoms with Crippen molar-refractivity contribution in [3.05, 3.63) is 16.1 Å². The Bertz CT molecular complexity index is 329. The molecular formula is C8H7NOS. The molecule has 0 aromatic carbocycles. The molecule has 2 nitrogen and oxygen atoms in total. The number of carbonyl (C=O) groups is 1. The number of thiazole rings is 1. The summed E-state index contributed by atoms with van der Waals surface area (Å²) < 4.78 is 0. The van der Waals surface area contributed by atoms with E-state index in [0.29, 0.717) is 10.7 Å². The highest BCUT2D eigenvalue weighted by Gasteiger charge is 2.02. The Morgan fingerprint density at radius 2 is 2.45 bits per heavy atom. The smallest absolute Gasteiger partial charge is 0.179 e. The summed E-state index contributed by atoms with van der Waals surface area (Å²) in [4.78, 5) is 14.8. The minimum absolute atomic E-state index is 0.00889. The summed E-state index contributed by atoms with van der Waals surface area (Å²) in [5, 5.41) is 2.43. The van der Waals surface area contributed by atoms with Gasteiger partial charge in [0.25, 0.3) is 0 Å². The van der Waals surface area contributed by atoms with Gasteiger partial charge in [-0.05, 0) is 12.8 Å². The number of hydrogen-bond acceptors (Lipinski definition) is 3. The quantitative estimate of drug-likeness (QED) is 0.468. The van der Waals surface area contributed by atoms with Crippen molar-refractivity contribution in [1.82, 2.24) is 4.98 Å². The lowest BCUT2D eigenvalue weighted by atomic mass is 10.4. The molecule has 0 unspecified atom stereocenters. The number of aromatic nitrogens is 1. The molecule has 0 aliphatic heterocycles. The molecule has 1 aromatic heterocycles. The molecule has 1 heterocycles. The first-order valence-corrected chi connectivity index (χ1v) is 4.01. The standard InChI is InChI=1S/C8H7NOS/c1-3-4-8-9-7(5-11-8)6(2)10/h5H,1-2H3. The highest BCUT2D eigenvalue weighted by Crippen LogP contribution is 2.08. The molecule has 0 aliphatic rings. The second kappa shape index (κ2) is 3.31. The predicted octanol–water partition coefficient (Wildman–Crippen LogP) is 1.72. The number of hydrogen-bond donors (Lipinski definition) is 0. The van der Waals surface area contributed by atoms with Crippen molar-refractivity contribution < 1.29 is 4.79 Å². The van der Waals surface area contributed by atoms with Crippen LogP contribution in [0.5, 0.6) is 0 Å². The number of rotatable bonds is 1. The molecule has 0 saturated carbocycles. The van der Waals surface area contributed by atoms with Crippen LogP contribution in [-0.2, 0) is 0 Å². The minimum atomic E-state index is -0.00889. The number of nitrogens with zero attached hydrogens (tertiary/aromatic N) is 1. The fourth-order valence-electron chi connectivity index (χ4n) is 0.600. The SMILES string of the molecule is CC#Cc1nc(C(C)=O)cs1. The third-order valence-corrected chi connectivity index (χ3v) is 1.85. The van der Waals surface area contributed by atoms with Gasteiger partial charge in [-0.2, -0.15) is 0 Å². The molecular weight excluding hydrogens is 158 g/mol. The van der Waals surface area contributed by atoms with Crippen molar-refractivity contribution in [2.24, 2.45) is 0 Å². The van der Waals surface area contributed by atoms with Crippen molar-refractivity contribution in [2.75, 3.05) is 0 Å². The maximum absolute atomic E-state index is 10.8. The third kappa shape index (κ3) is 1.89. The maximum Gasteiger partial charge on any atom is 0.179 e. The first-order valence-electron chi connectivity index (χ1n) is 3.13. The summed E-state index contributed by atoms with van der Waals surface area (Å²) in [5.41, 5.74) is 0.507. The summed E-state index contributed by atoms with van der Waals surface area (Å²) in [6.45, 7) is 3.24. The van der Waals surface area contributed by atoms with Crippen LogP contribution < -0.4 is 0 Å². The lowest BCUT2D eigenvalue weighted by molar-refractivity contribution is 0.101. The van der Waals surface area contributed by atoms with E-state index < -0.39 is 0 Å². The maximum atomic E-state index is 10.8. The molecule has 0 amide bonds. The highest BCUT2D eigenvalue weighted by atomic mass is 32.1. The summed E-state index contributed by atoms with van der Waals surface area (Å²) in [6.07, 6.45) is 0. The average Bonchev–Trinajstić information content (AvgIpc) is 2.37. The molecule has 0 saturated heterocycles. The van der Waals surface area contributed by atoms with E-state index in [-0.39, 0.29) is 5.78 Å². The summed E-state index contributed by atoms with van der Waals surface area (Å²) in [7, 11) is 0. The Morgan fingerprint density at radius 1 is 1.73 bits per heavy atom. The van der Waals surface area contributed by atoms with Gasteiger partial charge in [-0.25, -0.2) is 4.98 Å². The van der Waals surface area contributed by atoms with Crippen LogP contribution in [0, 0.1) is 11.8 Å². The molecule has 0 N–H and O–H groups in total. The second-order valence-corrected chi connectivity index (χ2v) is 2.83. The van der Waals surface area contributed by atoms with Gasteiger partial charge in [0.05, 0.1) is 0 Å². The largest absolute Gasteiger partial charge is 0.293 e. The fourth-order valence-corrected chi connectivity index (χ4v) is 1.35.